The highest BCUT2D eigenvalue weighted by Crippen LogP contribution is 2.32. The molecule has 1 unspecified atom stereocenters. The minimum atomic E-state index is 0.114. The van der Waals surface area contributed by atoms with E-state index in [1.807, 2.05) is 18.7 Å². The highest BCUT2D eigenvalue weighted by atomic mass is 32.1. The fourth-order valence-electron chi connectivity index (χ4n) is 1.53. The molecule has 0 saturated heterocycles. The number of carbonyl (C=O) groups is 1. The standard InChI is InChI=1S/C11H20N2OS/c1-3-13(7-8(2)11(12)15)10(14)6-9-4-5-9/h8-9H,3-7H2,1-2H3,(H2,12,15). The summed E-state index contributed by atoms with van der Waals surface area (Å²) in [7, 11) is 0. The maximum absolute atomic E-state index is 11.8. The van der Waals surface area contributed by atoms with Crippen LogP contribution < -0.4 is 5.73 Å². The number of thiocarbonyl (C=S) groups is 1. The lowest BCUT2D eigenvalue weighted by molar-refractivity contribution is -0.131. The molecule has 0 aromatic rings. The molecule has 1 fully saturated rings. The number of rotatable bonds is 6. The average molecular weight is 228 g/mol. The van der Waals surface area contributed by atoms with E-state index >= 15 is 0 Å². The average Bonchev–Trinajstić information content (AvgIpc) is 2.96. The summed E-state index contributed by atoms with van der Waals surface area (Å²) in [5.41, 5.74) is 5.55. The molecule has 1 aliphatic rings. The van der Waals surface area contributed by atoms with Gasteiger partial charge in [0.15, 0.2) is 0 Å². The van der Waals surface area contributed by atoms with Gasteiger partial charge >= 0.3 is 0 Å². The number of nitrogens with zero attached hydrogens (tertiary/aromatic N) is 1. The molecule has 0 aromatic heterocycles. The summed E-state index contributed by atoms with van der Waals surface area (Å²) in [6.07, 6.45) is 3.14. The Bertz CT molecular complexity index is 251. The molecule has 1 amide bonds. The van der Waals surface area contributed by atoms with Crippen molar-refractivity contribution in [3.63, 3.8) is 0 Å². The molecule has 86 valence electrons. The summed E-state index contributed by atoms with van der Waals surface area (Å²) in [5, 5.41) is 0. The largest absolute Gasteiger partial charge is 0.393 e. The lowest BCUT2D eigenvalue weighted by Crippen LogP contribution is -2.38. The molecule has 0 bridgehead atoms. The predicted octanol–water partition coefficient (Wildman–Crippen LogP) is 1.56. The summed E-state index contributed by atoms with van der Waals surface area (Å²) in [4.78, 5) is 14.2. The van der Waals surface area contributed by atoms with Crippen molar-refractivity contribution in [3.05, 3.63) is 0 Å². The quantitative estimate of drug-likeness (QED) is 0.702. The Balaban J connectivity index is 2.38. The van der Waals surface area contributed by atoms with Gasteiger partial charge in [-0.2, -0.15) is 0 Å². The van der Waals surface area contributed by atoms with Gasteiger partial charge in [0.2, 0.25) is 5.91 Å². The second-order valence-corrected chi connectivity index (χ2v) is 4.85. The van der Waals surface area contributed by atoms with Gasteiger partial charge in [0.1, 0.15) is 0 Å². The van der Waals surface area contributed by atoms with Gasteiger partial charge in [-0.05, 0) is 25.7 Å². The van der Waals surface area contributed by atoms with Gasteiger partial charge < -0.3 is 10.6 Å². The second-order valence-electron chi connectivity index (χ2n) is 4.38. The minimum Gasteiger partial charge on any atom is -0.393 e. The van der Waals surface area contributed by atoms with Crippen LogP contribution in [0.2, 0.25) is 0 Å². The Morgan fingerprint density at radius 1 is 1.60 bits per heavy atom. The van der Waals surface area contributed by atoms with Gasteiger partial charge in [0.25, 0.3) is 0 Å². The molecule has 0 aliphatic heterocycles. The van der Waals surface area contributed by atoms with Crippen LogP contribution in [0.25, 0.3) is 0 Å². The van der Waals surface area contributed by atoms with E-state index in [4.69, 9.17) is 18.0 Å². The molecule has 0 aromatic carbocycles. The molecule has 1 rings (SSSR count). The fourth-order valence-corrected chi connectivity index (χ4v) is 1.60. The van der Waals surface area contributed by atoms with Crippen LogP contribution in [-0.4, -0.2) is 28.9 Å². The monoisotopic (exact) mass is 228 g/mol. The molecular formula is C11H20N2OS. The van der Waals surface area contributed by atoms with Gasteiger partial charge in [0, 0.05) is 25.4 Å². The van der Waals surface area contributed by atoms with E-state index in [0.29, 0.717) is 23.9 Å². The van der Waals surface area contributed by atoms with Crippen molar-refractivity contribution in [2.75, 3.05) is 13.1 Å². The maximum Gasteiger partial charge on any atom is 0.222 e. The first kappa shape index (κ1) is 12.4. The van der Waals surface area contributed by atoms with E-state index in [2.05, 4.69) is 0 Å². The first-order valence-corrected chi connectivity index (χ1v) is 6.02. The third-order valence-electron chi connectivity index (χ3n) is 2.87. The zero-order valence-corrected chi connectivity index (χ0v) is 10.3. The third kappa shape index (κ3) is 4.16. The van der Waals surface area contributed by atoms with E-state index in [1.54, 1.807) is 0 Å². The molecule has 2 N–H and O–H groups in total. The smallest absolute Gasteiger partial charge is 0.222 e. The van der Waals surface area contributed by atoms with Gasteiger partial charge in [0.05, 0.1) is 4.99 Å². The zero-order chi connectivity index (χ0) is 11.4. The van der Waals surface area contributed by atoms with Gasteiger partial charge in [-0.3, -0.25) is 4.79 Å². The third-order valence-corrected chi connectivity index (χ3v) is 3.28. The van der Waals surface area contributed by atoms with E-state index in [-0.39, 0.29) is 11.8 Å². The number of amides is 1. The lowest BCUT2D eigenvalue weighted by Gasteiger charge is -2.24. The Kier molecular flexibility index (Phi) is 4.51. The van der Waals surface area contributed by atoms with Crippen molar-refractivity contribution in [1.82, 2.24) is 4.90 Å². The zero-order valence-electron chi connectivity index (χ0n) is 9.53. The van der Waals surface area contributed by atoms with Crippen molar-refractivity contribution < 1.29 is 4.79 Å². The van der Waals surface area contributed by atoms with Crippen LogP contribution in [0.1, 0.15) is 33.1 Å². The van der Waals surface area contributed by atoms with Crippen LogP contribution in [0, 0.1) is 11.8 Å². The number of hydrogen-bond donors (Lipinski definition) is 1. The summed E-state index contributed by atoms with van der Waals surface area (Å²) < 4.78 is 0. The molecule has 0 heterocycles. The summed E-state index contributed by atoms with van der Waals surface area (Å²) >= 11 is 4.91. The van der Waals surface area contributed by atoms with Gasteiger partial charge in [-0.15, -0.1) is 0 Å². The van der Waals surface area contributed by atoms with Crippen molar-refractivity contribution in [1.29, 1.82) is 0 Å². The van der Waals surface area contributed by atoms with Crippen LogP contribution >= 0.6 is 12.2 Å². The molecule has 1 aliphatic carbocycles. The van der Waals surface area contributed by atoms with E-state index in [0.717, 1.165) is 6.54 Å². The Morgan fingerprint density at radius 2 is 2.20 bits per heavy atom. The maximum atomic E-state index is 11.8. The molecule has 0 spiro atoms. The topological polar surface area (TPSA) is 46.3 Å². The molecule has 4 heteroatoms. The molecule has 0 radical (unpaired) electrons. The van der Waals surface area contributed by atoms with Crippen LogP contribution in [-0.2, 0) is 4.79 Å². The first-order valence-electron chi connectivity index (χ1n) is 5.61. The van der Waals surface area contributed by atoms with Crippen molar-refractivity contribution >= 4 is 23.1 Å². The fraction of sp³-hybridized carbons (Fsp3) is 0.818. The minimum absolute atomic E-state index is 0.114. The highest BCUT2D eigenvalue weighted by molar-refractivity contribution is 7.80. The summed E-state index contributed by atoms with van der Waals surface area (Å²) in [5.74, 6) is 1.01. The van der Waals surface area contributed by atoms with Gasteiger partial charge in [-0.1, -0.05) is 19.1 Å². The first-order chi connectivity index (χ1) is 7.04. The van der Waals surface area contributed by atoms with Gasteiger partial charge in [-0.25, -0.2) is 0 Å². The van der Waals surface area contributed by atoms with Crippen LogP contribution in [0.15, 0.2) is 0 Å². The number of carbonyl (C=O) groups excluding carboxylic acids is 1. The van der Waals surface area contributed by atoms with Crippen molar-refractivity contribution in [2.24, 2.45) is 17.6 Å². The molecule has 15 heavy (non-hydrogen) atoms. The highest BCUT2D eigenvalue weighted by Gasteiger charge is 2.27. The van der Waals surface area contributed by atoms with E-state index in [1.165, 1.54) is 12.8 Å². The van der Waals surface area contributed by atoms with Crippen molar-refractivity contribution in [3.8, 4) is 0 Å². The van der Waals surface area contributed by atoms with Crippen molar-refractivity contribution in [2.45, 2.75) is 33.1 Å². The predicted molar refractivity (Wildman–Crippen MR) is 65.5 cm³/mol. The second kappa shape index (κ2) is 5.45. The normalized spacial score (nSPS) is 17.2. The van der Waals surface area contributed by atoms with Crippen LogP contribution in [0.5, 0.6) is 0 Å². The Hall–Kier alpha value is -0.640. The van der Waals surface area contributed by atoms with E-state index < -0.39 is 0 Å². The Labute approximate surface area is 97.0 Å². The summed E-state index contributed by atoms with van der Waals surface area (Å²) in [6, 6.07) is 0. The number of nitrogens with two attached hydrogens (primary N) is 1. The summed E-state index contributed by atoms with van der Waals surface area (Å²) in [6.45, 7) is 5.38. The number of hydrogen-bond acceptors (Lipinski definition) is 2. The van der Waals surface area contributed by atoms with E-state index in [9.17, 15) is 4.79 Å². The molecule has 3 nitrogen and oxygen atoms in total. The lowest BCUT2D eigenvalue weighted by atomic mass is 10.1. The molecule has 1 saturated carbocycles. The van der Waals surface area contributed by atoms with Crippen LogP contribution in [0.4, 0.5) is 0 Å². The Morgan fingerprint density at radius 3 is 2.60 bits per heavy atom. The van der Waals surface area contributed by atoms with Crippen LogP contribution in [0.3, 0.4) is 0 Å². The molecule has 1 atom stereocenters. The molecular weight excluding hydrogens is 208 g/mol. The SMILES string of the molecule is CCN(CC(C)C(N)=S)C(=O)CC1CC1.